The molecule has 0 radical (unpaired) electrons. The van der Waals surface area contributed by atoms with Crippen molar-refractivity contribution in [1.82, 2.24) is 9.80 Å². The van der Waals surface area contributed by atoms with Crippen LogP contribution < -0.4 is 5.32 Å². The molecule has 3 amide bonds. The van der Waals surface area contributed by atoms with Gasteiger partial charge in [0.05, 0.1) is 6.61 Å². The Morgan fingerprint density at radius 1 is 1.07 bits per heavy atom. The van der Waals surface area contributed by atoms with Crippen molar-refractivity contribution in [2.75, 3.05) is 31.5 Å². The van der Waals surface area contributed by atoms with Crippen LogP contribution in [0.25, 0.3) is 0 Å². The molecule has 2 aromatic carbocycles. The number of nitrogens with one attached hydrogen (secondary N) is 1. The minimum absolute atomic E-state index is 0.0497. The maximum Gasteiger partial charge on any atom is 0.321 e. The number of nitrogens with zero attached hydrogens (tertiary/aromatic N) is 2. The van der Waals surface area contributed by atoms with Gasteiger partial charge in [-0.15, -0.1) is 0 Å². The van der Waals surface area contributed by atoms with E-state index in [0.717, 1.165) is 11.1 Å². The number of carbonyl (C=O) groups excluding carboxylic acids is 2. The Hall–Kier alpha value is -2.57. The monoisotopic (exact) mass is 415 g/mol. The van der Waals surface area contributed by atoms with Gasteiger partial charge in [-0.05, 0) is 37.1 Å². The van der Waals surface area contributed by atoms with Gasteiger partial charge in [0.1, 0.15) is 6.10 Å². The van der Waals surface area contributed by atoms with Crippen molar-refractivity contribution in [1.29, 1.82) is 0 Å². The molecule has 154 valence electrons. The Kier molecular flexibility index (Phi) is 7.12. The third kappa shape index (κ3) is 5.71. The molecule has 1 fully saturated rings. The van der Waals surface area contributed by atoms with E-state index in [9.17, 15) is 9.59 Å². The van der Waals surface area contributed by atoms with Crippen LogP contribution in [0.4, 0.5) is 10.5 Å². The number of aryl methyl sites for hydroxylation is 1. The number of hydrogen-bond acceptors (Lipinski definition) is 3. The van der Waals surface area contributed by atoms with Gasteiger partial charge in [0.25, 0.3) is 5.91 Å². The van der Waals surface area contributed by atoms with E-state index in [2.05, 4.69) is 5.32 Å². The molecule has 2 aromatic rings. The number of hydrogen-bond donors (Lipinski definition) is 1. The normalized spacial score (nSPS) is 15.1. The summed E-state index contributed by atoms with van der Waals surface area (Å²) in [6.07, 6.45) is -0.523. The van der Waals surface area contributed by atoms with Gasteiger partial charge in [0.2, 0.25) is 0 Å². The SMILES string of the molecule is Cc1ccc(NC(=O)N2CCN(C(=O)C(C)OCc3ccccc3)CC2)cc1Cl. The summed E-state index contributed by atoms with van der Waals surface area (Å²) in [5.74, 6) is -0.0497. The molecule has 1 aliphatic heterocycles. The topological polar surface area (TPSA) is 61.9 Å². The van der Waals surface area contributed by atoms with E-state index in [1.807, 2.05) is 49.4 Å². The van der Waals surface area contributed by atoms with Crippen LogP contribution in [-0.4, -0.2) is 54.0 Å². The molecule has 0 spiro atoms. The highest BCUT2D eigenvalue weighted by Crippen LogP contribution is 2.20. The van der Waals surface area contributed by atoms with Gasteiger partial charge < -0.3 is 19.9 Å². The van der Waals surface area contributed by atoms with E-state index in [1.54, 1.807) is 22.8 Å². The Morgan fingerprint density at radius 2 is 1.72 bits per heavy atom. The molecule has 3 rings (SSSR count). The molecule has 1 unspecified atom stereocenters. The van der Waals surface area contributed by atoms with Crippen molar-refractivity contribution < 1.29 is 14.3 Å². The second kappa shape index (κ2) is 9.76. The van der Waals surface area contributed by atoms with Crippen LogP contribution >= 0.6 is 11.6 Å². The predicted molar refractivity (Wildman–Crippen MR) is 114 cm³/mol. The summed E-state index contributed by atoms with van der Waals surface area (Å²) in [6, 6.07) is 15.0. The Balaban J connectivity index is 1.45. The lowest BCUT2D eigenvalue weighted by atomic mass is 10.2. The first kappa shape index (κ1) is 21.1. The fraction of sp³-hybridized carbons (Fsp3) is 0.364. The van der Waals surface area contributed by atoms with Crippen LogP contribution in [0.15, 0.2) is 48.5 Å². The zero-order valence-corrected chi connectivity index (χ0v) is 17.5. The first-order valence-electron chi connectivity index (χ1n) is 9.70. The molecule has 0 bridgehead atoms. The average Bonchev–Trinajstić information content (AvgIpc) is 2.75. The van der Waals surface area contributed by atoms with Crippen molar-refractivity contribution in [3.8, 4) is 0 Å². The third-order valence-electron chi connectivity index (χ3n) is 4.99. The highest BCUT2D eigenvalue weighted by atomic mass is 35.5. The van der Waals surface area contributed by atoms with Gasteiger partial charge >= 0.3 is 6.03 Å². The van der Waals surface area contributed by atoms with Gasteiger partial charge in [-0.1, -0.05) is 48.0 Å². The van der Waals surface area contributed by atoms with Crippen molar-refractivity contribution in [2.24, 2.45) is 0 Å². The number of carbonyl (C=O) groups is 2. The molecule has 0 saturated carbocycles. The first-order chi connectivity index (χ1) is 13.9. The van der Waals surface area contributed by atoms with Gasteiger partial charge in [-0.2, -0.15) is 0 Å². The predicted octanol–water partition coefficient (Wildman–Crippen LogP) is 3.93. The molecular weight excluding hydrogens is 390 g/mol. The average molecular weight is 416 g/mol. The molecule has 1 heterocycles. The van der Waals surface area contributed by atoms with E-state index in [0.29, 0.717) is 43.5 Å². The molecule has 1 aliphatic rings. The second-order valence-electron chi connectivity index (χ2n) is 7.15. The van der Waals surface area contributed by atoms with Crippen molar-refractivity contribution >= 4 is 29.2 Å². The number of amides is 3. The summed E-state index contributed by atoms with van der Waals surface area (Å²) in [7, 11) is 0. The molecule has 1 atom stereocenters. The minimum Gasteiger partial charge on any atom is -0.364 e. The largest absolute Gasteiger partial charge is 0.364 e. The maximum atomic E-state index is 12.6. The van der Waals surface area contributed by atoms with Crippen molar-refractivity contribution in [2.45, 2.75) is 26.6 Å². The van der Waals surface area contributed by atoms with Gasteiger partial charge in [-0.3, -0.25) is 4.79 Å². The Labute approximate surface area is 176 Å². The molecule has 0 aliphatic carbocycles. The lowest BCUT2D eigenvalue weighted by molar-refractivity contribution is -0.144. The van der Waals surface area contributed by atoms with E-state index < -0.39 is 6.10 Å². The number of rotatable bonds is 5. The number of benzene rings is 2. The highest BCUT2D eigenvalue weighted by molar-refractivity contribution is 6.31. The third-order valence-corrected chi connectivity index (χ3v) is 5.40. The summed E-state index contributed by atoms with van der Waals surface area (Å²) in [4.78, 5) is 28.6. The van der Waals surface area contributed by atoms with Crippen molar-refractivity contribution in [3.63, 3.8) is 0 Å². The van der Waals surface area contributed by atoms with Crippen LogP contribution in [0.2, 0.25) is 5.02 Å². The molecule has 0 aromatic heterocycles. The Morgan fingerprint density at radius 3 is 2.38 bits per heavy atom. The number of piperazine rings is 1. The maximum absolute atomic E-state index is 12.6. The lowest BCUT2D eigenvalue weighted by Gasteiger charge is -2.35. The Bertz CT molecular complexity index is 852. The fourth-order valence-electron chi connectivity index (χ4n) is 3.13. The zero-order valence-electron chi connectivity index (χ0n) is 16.7. The van der Waals surface area contributed by atoms with E-state index >= 15 is 0 Å². The first-order valence-corrected chi connectivity index (χ1v) is 10.1. The summed E-state index contributed by atoms with van der Waals surface area (Å²) in [5.41, 5.74) is 2.65. The molecular formula is C22H26ClN3O3. The molecule has 6 nitrogen and oxygen atoms in total. The molecule has 1 N–H and O–H groups in total. The second-order valence-corrected chi connectivity index (χ2v) is 7.55. The van der Waals surface area contributed by atoms with Crippen LogP contribution in [0, 0.1) is 6.92 Å². The van der Waals surface area contributed by atoms with E-state index in [4.69, 9.17) is 16.3 Å². The van der Waals surface area contributed by atoms with Crippen LogP contribution in [0.3, 0.4) is 0 Å². The zero-order chi connectivity index (χ0) is 20.8. The summed E-state index contributed by atoms with van der Waals surface area (Å²) >= 11 is 6.11. The highest BCUT2D eigenvalue weighted by Gasteiger charge is 2.27. The number of urea groups is 1. The fourth-order valence-corrected chi connectivity index (χ4v) is 3.31. The number of halogens is 1. The van der Waals surface area contributed by atoms with Crippen LogP contribution in [0.1, 0.15) is 18.1 Å². The smallest absolute Gasteiger partial charge is 0.321 e. The number of anilines is 1. The summed E-state index contributed by atoms with van der Waals surface area (Å²) in [6.45, 7) is 6.00. The summed E-state index contributed by atoms with van der Waals surface area (Å²) in [5, 5.41) is 3.47. The molecule has 29 heavy (non-hydrogen) atoms. The number of ether oxygens (including phenoxy) is 1. The molecule has 7 heteroatoms. The molecule has 1 saturated heterocycles. The lowest BCUT2D eigenvalue weighted by Crippen LogP contribution is -2.53. The summed E-state index contributed by atoms with van der Waals surface area (Å²) < 4.78 is 5.72. The van der Waals surface area contributed by atoms with Crippen LogP contribution in [-0.2, 0) is 16.1 Å². The van der Waals surface area contributed by atoms with Gasteiger partial charge in [0.15, 0.2) is 0 Å². The minimum atomic E-state index is -0.523. The quantitative estimate of drug-likeness (QED) is 0.804. The van der Waals surface area contributed by atoms with E-state index in [1.165, 1.54) is 0 Å². The van der Waals surface area contributed by atoms with Gasteiger partial charge in [-0.25, -0.2) is 4.79 Å². The van der Waals surface area contributed by atoms with E-state index in [-0.39, 0.29) is 11.9 Å². The van der Waals surface area contributed by atoms with Crippen LogP contribution in [0.5, 0.6) is 0 Å². The standard InChI is InChI=1S/C22H26ClN3O3/c1-16-8-9-19(14-20(16)23)24-22(28)26-12-10-25(11-13-26)21(27)17(2)29-15-18-6-4-3-5-7-18/h3-9,14,17H,10-13,15H2,1-2H3,(H,24,28). The van der Waals surface area contributed by atoms with Gasteiger partial charge in [0, 0.05) is 36.9 Å². The van der Waals surface area contributed by atoms with Crippen molar-refractivity contribution in [3.05, 3.63) is 64.7 Å².